The van der Waals surface area contributed by atoms with Crippen LogP contribution in [0.5, 0.6) is 0 Å². The minimum atomic E-state index is -3.34. The van der Waals surface area contributed by atoms with E-state index < -0.39 is 15.1 Å². The topological polar surface area (TPSA) is 92.7 Å². The minimum absolute atomic E-state index is 0.0328. The molecule has 0 fully saturated rings. The zero-order chi connectivity index (χ0) is 22.2. The van der Waals surface area contributed by atoms with Crippen molar-refractivity contribution in [2.75, 3.05) is 0 Å². The Morgan fingerprint density at radius 2 is 1.87 bits per heavy atom. The highest BCUT2D eigenvalue weighted by molar-refractivity contribution is 7.92. The molecule has 0 radical (unpaired) electrons. The molecule has 2 amide bonds. The van der Waals surface area contributed by atoms with Gasteiger partial charge < -0.3 is 5.32 Å². The number of nitrogens with zero attached hydrogens (tertiary/aromatic N) is 1. The van der Waals surface area contributed by atoms with Gasteiger partial charge in [0, 0.05) is 17.2 Å². The predicted molar refractivity (Wildman–Crippen MR) is 119 cm³/mol. The van der Waals surface area contributed by atoms with E-state index in [-0.39, 0.29) is 29.0 Å². The fourth-order valence-electron chi connectivity index (χ4n) is 4.25. The molecule has 0 saturated heterocycles. The van der Waals surface area contributed by atoms with Crippen molar-refractivity contribution in [2.24, 2.45) is 10.9 Å². The number of nitrogens with one attached hydrogen (secondary N) is 1. The normalized spacial score (nSPS) is 22.2. The lowest BCUT2D eigenvalue weighted by molar-refractivity contribution is -0.118. The number of hydrogen-bond acceptors (Lipinski definition) is 4. The number of sulfone groups is 1. The second-order valence-electron chi connectivity index (χ2n) is 8.45. The van der Waals surface area contributed by atoms with E-state index in [1.54, 1.807) is 32.1 Å². The standard InChI is InChI=1S/C24H26N2O4S/c1-15(2)31(29,30)18-10-7-16(8-11-18)13-23(27)25-17-9-12-20-19-5-3-4-6-21(19)24(28)26-22(20)14-17/h7-12,14-15,20H,3-6,13H2,1-2H3,(H,26,28). The highest BCUT2D eigenvalue weighted by atomic mass is 32.2. The lowest BCUT2D eigenvalue weighted by atomic mass is 9.77. The predicted octanol–water partition coefficient (Wildman–Crippen LogP) is 3.45. The number of aliphatic imine (C=N–C) groups is 1. The summed E-state index contributed by atoms with van der Waals surface area (Å²) in [5.74, 6) is -0.291. The Balaban J connectivity index is 1.47. The van der Waals surface area contributed by atoms with Crippen molar-refractivity contribution in [1.29, 1.82) is 0 Å². The average Bonchev–Trinajstić information content (AvgIpc) is 2.74. The van der Waals surface area contributed by atoms with Gasteiger partial charge in [-0.2, -0.15) is 0 Å². The van der Waals surface area contributed by atoms with Gasteiger partial charge in [0.2, 0.25) is 0 Å². The Bertz CT molecular complexity index is 1150. The molecular weight excluding hydrogens is 412 g/mol. The van der Waals surface area contributed by atoms with E-state index in [4.69, 9.17) is 0 Å². The lowest BCUT2D eigenvalue weighted by Gasteiger charge is -2.33. The summed E-state index contributed by atoms with van der Waals surface area (Å²) >= 11 is 0. The van der Waals surface area contributed by atoms with Crippen LogP contribution in [0.3, 0.4) is 0 Å². The molecule has 1 N–H and O–H groups in total. The van der Waals surface area contributed by atoms with Gasteiger partial charge in [-0.25, -0.2) is 13.4 Å². The monoisotopic (exact) mass is 438 g/mol. The maximum Gasteiger partial charge on any atom is 0.251 e. The highest BCUT2D eigenvalue weighted by Crippen LogP contribution is 2.38. The summed E-state index contributed by atoms with van der Waals surface area (Å²) in [5, 5.41) is 2.47. The smallest absolute Gasteiger partial charge is 0.251 e. The van der Waals surface area contributed by atoms with E-state index in [0.29, 0.717) is 11.3 Å². The fraction of sp³-hybridized carbons (Fsp3) is 0.375. The van der Waals surface area contributed by atoms with Crippen LogP contribution in [-0.2, 0) is 25.8 Å². The summed E-state index contributed by atoms with van der Waals surface area (Å²) in [7, 11) is -3.34. The number of amides is 2. The number of benzene rings is 1. The summed E-state index contributed by atoms with van der Waals surface area (Å²) < 4.78 is 24.4. The van der Waals surface area contributed by atoms with Gasteiger partial charge in [-0.15, -0.1) is 0 Å². The van der Waals surface area contributed by atoms with Crippen molar-refractivity contribution < 1.29 is 18.0 Å². The van der Waals surface area contributed by atoms with Gasteiger partial charge in [-0.3, -0.25) is 9.59 Å². The second-order valence-corrected chi connectivity index (χ2v) is 11.0. The van der Waals surface area contributed by atoms with Crippen LogP contribution in [-0.4, -0.2) is 31.2 Å². The van der Waals surface area contributed by atoms with Gasteiger partial charge in [0.1, 0.15) is 0 Å². The molecule has 3 aliphatic rings. The van der Waals surface area contributed by atoms with E-state index in [9.17, 15) is 18.0 Å². The number of carbonyl (C=O) groups excluding carboxylic acids is 2. The quantitative estimate of drug-likeness (QED) is 0.779. The zero-order valence-corrected chi connectivity index (χ0v) is 18.5. The van der Waals surface area contributed by atoms with Crippen molar-refractivity contribution >= 4 is 27.4 Å². The van der Waals surface area contributed by atoms with Crippen molar-refractivity contribution in [2.45, 2.75) is 56.1 Å². The largest absolute Gasteiger partial charge is 0.325 e. The SMILES string of the molecule is CC(C)S(=O)(=O)c1ccc(CC(=O)N=C2C=CC3C(=C2)NC(=O)C2=C3CCCC2)cc1. The number of rotatable bonds is 4. The Hall–Kier alpha value is -2.80. The van der Waals surface area contributed by atoms with Crippen LogP contribution in [0.1, 0.15) is 45.1 Å². The van der Waals surface area contributed by atoms with Crippen molar-refractivity contribution in [3.05, 3.63) is 64.9 Å². The van der Waals surface area contributed by atoms with Crippen LogP contribution in [0.15, 0.2) is 69.2 Å². The van der Waals surface area contributed by atoms with Gasteiger partial charge in [0.25, 0.3) is 11.8 Å². The number of fused-ring (bicyclic) bond motifs is 2. The molecule has 4 rings (SSSR count). The molecule has 162 valence electrons. The van der Waals surface area contributed by atoms with Crippen LogP contribution in [0.4, 0.5) is 0 Å². The Morgan fingerprint density at radius 1 is 1.16 bits per heavy atom. The Kier molecular flexibility index (Phi) is 5.79. The van der Waals surface area contributed by atoms with E-state index in [1.807, 2.05) is 12.2 Å². The molecule has 0 saturated carbocycles. The van der Waals surface area contributed by atoms with Crippen molar-refractivity contribution in [3.63, 3.8) is 0 Å². The molecule has 1 atom stereocenters. The third kappa shape index (κ3) is 4.32. The maximum atomic E-state index is 12.5. The Morgan fingerprint density at radius 3 is 2.58 bits per heavy atom. The van der Waals surface area contributed by atoms with Crippen LogP contribution in [0.2, 0.25) is 0 Å². The first kappa shape index (κ1) is 21.4. The first-order valence-electron chi connectivity index (χ1n) is 10.6. The molecule has 0 spiro atoms. The maximum absolute atomic E-state index is 12.5. The molecule has 31 heavy (non-hydrogen) atoms. The first-order chi connectivity index (χ1) is 14.8. The molecule has 0 aromatic heterocycles. The molecule has 7 heteroatoms. The van der Waals surface area contributed by atoms with Crippen LogP contribution in [0, 0.1) is 5.92 Å². The third-order valence-corrected chi connectivity index (χ3v) is 8.17. The van der Waals surface area contributed by atoms with Gasteiger partial charge in [0.05, 0.1) is 22.3 Å². The molecule has 1 heterocycles. The first-order valence-corrected chi connectivity index (χ1v) is 12.2. The summed E-state index contributed by atoms with van der Waals surface area (Å²) in [6, 6.07) is 6.37. The van der Waals surface area contributed by atoms with Crippen LogP contribution in [0.25, 0.3) is 0 Å². The number of allylic oxidation sites excluding steroid dienone is 3. The van der Waals surface area contributed by atoms with E-state index in [0.717, 1.165) is 37.0 Å². The van der Waals surface area contributed by atoms with Gasteiger partial charge >= 0.3 is 0 Å². The molecule has 1 unspecified atom stereocenters. The molecule has 2 aliphatic carbocycles. The van der Waals surface area contributed by atoms with Crippen LogP contribution >= 0.6 is 0 Å². The van der Waals surface area contributed by atoms with E-state index in [2.05, 4.69) is 10.3 Å². The summed E-state index contributed by atoms with van der Waals surface area (Å²) in [5.41, 5.74) is 4.10. The molecule has 1 aromatic carbocycles. The lowest BCUT2D eigenvalue weighted by Crippen LogP contribution is -2.37. The summed E-state index contributed by atoms with van der Waals surface area (Å²) in [6.45, 7) is 3.28. The van der Waals surface area contributed by atoms with E-state index in [1.165, 1.54) is 17.7 Å². The molecule has 1 aliphatic heterocycles. The minimum Gasteiger partial charge on any atom is -0.325 e. The molecular formula is C24H26N2O4S. The second kappa shape index (κ2) is 8.38. The number of carbonyl (C=O) groups is 2. The van der Waals surface area contributed by atoms with Crippen LogP contribution < -0.4 is 5.32 Å². The highest BCUT2D eigenvalue weighted by Gasteiger charge is 2.33. The summed E-state index contributed by atoms with van der Waals surface area (Å²) in [4.78, 5) is 29.3. The fourth-order valence-corrected chi connectivity index (χ4v) is 5.31. The molecule has 0 bridgehead atoms. The van der Waals surface area contributed by atoms with E-state index >= 15 is 0 Å². The van der Waals surface area contributed by atoms with Gasteiger partial charge in [-0.05, 0) is 75.0 Å². The zero-order valence-electron chi connectivity index (χ0n) is 17.7. The summed E-state index contributed by atoms with van der Waals surface area (Å²) in [6.07, 6.45) is 9.60. The van der Waals surface area contributed by atoms with Gasteiger partial charge in [-0.1, -0.05) is 18.2 Å². The average molecular weight is 439 g/mol. The van der Waals surface area contributed by atoms with Crippen molar-refractivity contribution in [3.8, 4) is 0 Å². The molecule has 6 nitrogen and oxygen atoms in total. The molecule has 1 aromatic rings. The Labute approximate surface area is 182 Å². The van der Waals surface area contributed by atoms with Crippen molar-refractivity contribution in [1.82, 2.24) is 5.32 Å². The third-order valence-electron chi connectivity index (χ3n) is 6.00. The number of hydrogen-bond donors (Lipinski definition) is 1. The van der Waals surface area contributed by atoms with Gasteiger partial charge in [0.15, 0.2) is 9.84 Å².